The number of piperazine rings is 1. The quantitative estimate of drug-likeness (QED) is 0.636. The van der Waals surface area contributed by atoms with Gasteiger partial charge in [0.2, 0.25) is 0 Å². The number of halogens is 1. The number of aromatic nitrogens is 3. The predicted molar refractivity (Wildman–Crippen MR) is 106 cm³/mol. The second-order valence-electron chi connectivity index (χ2n) is 6.18. The van der Waals surface area contributed by atoms with Gasteiger partial charge in [-0.15, -0.1) is 0 Å². The van der Waals surface area contributed by atoms with Crippen molar-refractivity contribution in [1.29, 1.82) is 0 Å². The Morgan fingerprint density at radius 1 is 1.00 bits per heavy atom. The Morgan fingerprint density at radius 3 is 2.52 bits per heavy atom. The molecule has 1 aliphatic rings. The molecule has 0 atom stereocenters. The number of hydrogen-bond acceptors (Lipinski definition) is 6. The molecule has 1 amide bonds. The molecule has 0 bridgehead atoms. The number of amides is 1. The molecule has 138 valence electrons. The Bertz CT molecular complexity index is 942. The van der Waals surface area contributed by atoms with Gasteiger partial charge in [-0.3, -0.25) is 9.78 Å². The molecule has 7 nitrogen and oxygen atoms in total. The molecule has 27 heavy (non-hydrogen) atoms. The molecule has 0 saturated carbocycles. The zero-order chi connectivity index (χ0) is 18.6. The summed E-state index contributed by atoms with van der Waals surface area (Å²) in [6.07, 6.45) is 3.30. The van der Waals surface area contributed by atoms with Gasteiger partial charge in [0, 0.05) is 43.0 Å². The van der Waals surface area contributed by atoms with Crippen LogP contribution in [0.15, 0.2) is 53.3 Å². The molecule has 8 heteroatoms. The molecule has 1 fully saturated rings. The average Bonchev–Trinajstić information content (AvgIpc) is 2.73. The molecular weight excluding hydrogens is 410 g/mol. The molecule has 3 heterocycles. The summed E-state index contributed by atoms with van der Waals surface area (Å²) < 4.78 is 6.56. The second-order valence-corrected chi connectivity index (χ2v) is 7.09. The van der Waals surface area contributed by atoms with Crippen LogP contribution in [0.3, 0.4) is 0 Å². The van der Waals surface area contributed by atoms with E-state index in [1.54, 1.807) is 12.4 Å². The summed E-state index contributed by atoms with van der Waals surface area (Å²) in [5, 5.41) is 0. The molecule has 0 spiro atoms. The monoisotopic (exact) mass is 427 g/mol. The number of carbonyl (C=O) groups excluding carboxylic acids is 1. The van der Waals surface area contributed by atoms with Gasteiger partial charge in [-0.1, -0.05) is 15.9 Å². The van der Waals surface area contributed by atoms with E-state index in [1.807, 2.05) is 41.3 Å². The smallest absolute Gasteiger partial charge is 0.260 e. The van der Waals surface area contributed by atoms with E-state index in [4.69, 9.17) is 4.74 Å². The summed E-state index contributed by atoms with van der Waals surface area (Å²) >= 11 is 3.38. The third-order valence-corrected chi connectivity index (χ3v) is 4.98. The SMILES string of the molecule is O=C(COc1ccc(Br)cc1)N1CCN(c2ccc3nccnc3n2)CC1. The van der Waals surface area contributed by atoms with Gasteiger partial charge in [-0.2, -0.15) is 0 Å². The maximum Gasteiger partial charge on any atom is 0.260 e. The molecule has 0 radical (unpaired) electrons. The molecule has 3 aromatic rings. The third-order valence-electron chi connectivity index (χ3n) is 4.45. The molecule has 0 aliphatic carbocycles. The van der Waals surface area contributed by atoms with Crippen LogP contribution >= 0.6 is 15.9 Å². The molecule has 2 aromatic heterocycles. The van der Waals surface area contributed by atoms with Gasteiger partial charge >= 0.3 is 0 Å². The Balaban J connectivity index is 1.32. The van der Waals surface area contributed by atoms with E-state index in [-0.39, 0.29) is 12.5 Å². The van der Waals surface area contributed by atoms with E-state index in [1.165, 1.54) is 0 Å². The van der Waals surface area contributed by atoms with Crippen molar-refractivity contribution in [2.75, 3.05) is 37.7 Å². The number of benzene rings is 1. The molecular formula is C19H18BrN5O2. The van der Waals surface area contributed by atoms with Gasteiger partial charge in [-0.05, 0) is 36.4 Å². The molecule has 1 aliphatic heterocycles. The molecule has 1 aromatic carbocycles. The number of anilines is 1. The number of hydrogen-bond donors (Lipinski definition) is 0. The minimum Gasteiger partial charge on any atom is -0.484 e. The van der Waals surface area contributed by atoms with Crippen molar-refractivity contribution in [3.05, 3.63) is 53.3 Å². The first-order valence-electron chi connectivity index (χ1n) is 8.68. The lowest BCUT2D eigenvalue weighted by atomic mass is 10.3. The second kappa shape index (κ2) is 7.87. The maximum absolute atomic E-state index is 12.4. The van der Waals surface area contributed by atoms with E-state index in [0.717, 1.165) is 28.9 Å². The van der Waals surface area contributed by atoms with Crippen molar-refractivity contribution in [1.82, 2.24) is 19.9 Å². The highest BCUT2D eigenvalue weighted by Crippen LogP contribution is 2.18. The lowest BCUT2D eigenvalue weighted by Crippen LogP contribution is -2.50. The van der Waals surface area contributed by atoms with Crippen LogP contribution in [0.2, 0.25) is 0 Å². The Morgan fingerprint density at radius 2 is 1.74 bits per heavy atom. The third kappa shape index (κ3) is 4.16. The topological polar surface area (TPSA) is 71.5 Å². The summed E-state index contributed by atoms with van der Waals surface area (Å²) in [5.41, 5.74) is 1.41. The van der Waals surface area contributed by atoms with Gasteiger partial charge in [0.05, 0.1) is 0 Å². The number of fused-ring (bicyclic) bond motifs is 1. The zero-order valence-corrected chi connectivity index (χ0v) is 16.2. The predicted octanol–water partition coefficient (Wildman–Crippen LogP) is 2.51. The van der Waals surface area contributed by atoms with E-state index in [2.05, 4.69) is 35.8 Å². The van der Waals surface area contributed by atoms with Crippen LogP contribution in [0.4, 0.5) is 5.82 Å². The highest BCUT2D eigenvalue weighted by Gasteiger charge is 2.22. The maximum atomic E-state index is 12.4. The summed E-state index contributed by atoms with van der Waals surface area (Å²) in [6, 6.07) is 11.3. The zero-order valence-electron chi connectivity index (χ0n) is 14.6. The van der Waals surface area contributed by atoms with E-state index >= 15 is 0 Å². The lowest BCUT2D eigenvalue weighted by molar-refractivity contribution is -0.133. The molecule has 1 saturated heterocycles. The number of carbonyl (C=O) groups is 1. The summed E-state index contributed by atoms with van der Waals surface area (Å²) in [5.74, 6) is 1.54. The molecule has 0 N–H and O–H groups in total. The van der Waals surface area contributed by atoms with Crippen LogP contribution in [0.25, 0.3) is 11.2 Å². The first kappa shape index (κ1) is 17.7. The number of pyridine rings is 1. The number of ether oxygens (including phenoxy) is 1. The van der Waals surface area contributed by atoms with Crippen LogP contribution in [0, 0.1) is 0 Å². The van der Waals surface area contributed by atoms with Gasteiger partial charge in [-0.25, -0.2) is 9.97 Å². The highest BCUT2D eigenvalue weighted by molar-refractivity contribution is 9.10. The fourth-order valence-corrected chi connectivity index (χ4v) is 3.24. The summed E-state index contributed by atoms with van der Waals surface area (Å²) in [7, 11) is 0. The van der Waals surface area contributed by atoms with E-state index < -0.39 is 0 Å². The Hall–Kier alpha value is -2.74. The van der Waals surface area contributed by atoms with Crippen LogP contribution in [0.1, 0.15) is 0 Å². The normalized spacial score (nSPS) is 14.4. The van der Waals surface area contributed by atoms with Crippen molar-refractivity contribution >= 4 is 38.8 Å². The van der Waals surface area contributed by atoms with Crippen molar-refractivity contribution < 1.29 is 9.53 Å². The van der Waals surface area contributed by atoms with E-state index in [9.17, 15) is 4.79 Å². The summed E-state index contributed by atoms with van der Waals surface area (Å²) in [4.78, 5) is 29.5. The largest absolute Gasteiger partial charge is 0.484 e. The van der Waals surface area contributed by atoms with Gasteiger partial charge in [0.15, 0.2) is 12.3 Å². The number of rotatable bonds is 4. The first-order chi connectivity index (χ1) is 13.2. The highest BCUT2D eigenvalue weighted by atomic mass is 79.9. The first-order valence-corrected chi connectivity index (χ1v) is 9.47. The van der Waals surface area contributed by atoms with Gasteiger partial charge < -0.3 is 14.5 Å². The van der Waals surface area contributed by atoms with Crippen molar-refractivity contribution in [2.24, 2.45) is 0 Å². The average molecular weight is 428 g/mol. The summed E-state index contributed by atoms with van der Waals surface area (Å²) in [6.45, 7) is 2.78. The minimum absolute atomic E-state index is 0.00472. The standard InChI is InChI=1S/C19H18BrN5O2/c20-14-1-3-15(4-2-14)27-13-18(26)25-11-9-24(10-12-25)17-6-5-16-19(23-17)22-8-7-21-16/h1-8H,9-13H2. The minimum atomic E-state index is -0.00472. The Kier molecular flexibility index (Phi) is 5.15. The van der Waals surface area contributed by atoms with Crippen LogP contribution < -0.4 is 9.64 Å². The van der Waals surface area contributed by atoms with E-state index in [0.29, 0.717) is 24.5 Å². The fraction of sp³-hybridized carbons (Fsp3) is 0.263. The van der Waals surface area contributed by atoms with Crippen molar-refractivity contribution in [3.8, 4) is 5.75 Å². The lowest BCUT2D eigenvalue weighted by Gasteiger charge is -2.35. The van der Waals surface area contributed by atoms with Crippen LogP contribution in [-0.2, 0) is 4.79 Å². The van der Waals surface area contributed by atoms with Crippen LogP contribution in [-0.4, -0.2) is 58.5 Å². The van der Waals surface area contributed by atoms with Crippen molar-refractivity contribution in [2.45, 2.75) is 0 Å². The van der Waals surface area contributed by atoms with Crippen LogP contribution in [0.5, 0.6) is 5.75 Å². The number of nitrogens with zero attached hydrogens (tertiary/aromatic N) is 5. The molecule has 4 rings (SSSR count). The van der Waals surface area contributed by atoms with Gasteiger partial charge in [0.25, 0.3) is 5.91 Å². The fourth-order valence-electron chi connectivity index (χ4n) is 2.97. The Labute approximate surface area is 165 Å². The van der Waals surface area contributed by atoms with Gasteiger partial charge in [0.1, 0.15) is 17.1 Å². The molecule has 0 unspecified atom stereocenters. The van der Waals surface area contributed by atoms with Crippen molar-refractivity contribution in [3.63, 3.8) is 0 Å².